The fourth-order valence-electron chi connectivity index (χ4n) is 9.57. The minimum atomic E-state index is -0.772. The number of carbonyl (C=O) groups is 3. The maximum atomic E-state index is 12.9. The van der Waals surface area contributed by atoms with Crippen LogP contribution in [0.2, 0.25) is 0 Å². The van der Waals surface area contributed by atoms with Gasteiger partial charge in [0.2, 0.25) is 0 Å². The van der Waals surface area contributed by atoms with Crippen molar-refractivity contribution in [2.45, 2.75) is 341 Å². The predicted molar refractivity (Wildman–Crippen MR) is 330 cm³/mol. The molecule has 0 amide bonds. The summed E-state index contributed by atoms with van der Waals surface area (Å²) in [6.07, 6.45) is 83.7. The maximum absolute atomic E-state index is 12.9. The molecule has 0 saturated heterocycles. The summed E-state index contributed by atoms with van der Waals surface area (Å²) in [7, 11) is 0. The summed E-state index contributed by atoms with van der Waals surface area (Å²) in [6, 6.07) is 0. The van der Waals surface area contributed by atoms with Gasteiger partial charge in [0.25, 0.3) is 0 Å². The van der Waals surface area contributed by atoms with Gasteiger partial charge in [-0.3, -0.25) is 14.4 Å². The molecule has 0 N–H and O–H groups in total. The summed E-state index contributed by atoms with van der Waals surface area (Å²) in [6.45, 7) is 6.53. The second-order valence-corrected chi connectivity index (χ2v) is 22.0. The van der Waals surface area contributed by atoms with Gasteiger partial charge < -0.3 is 14.2 Å². The first-order chi connectivity index (χ1) is 37.5. The van der Waals surface area contributed by atoms with E-state index in [0.717, 1.165) is 96.3 Å². The summed E-state index contributed by atoms with van der Waals surface area (Å²) < 4.78 is 16.9. The van der Waals surface area contributed by atoms with E-state index in [2.05, 4.69) is 93.7 Å². The van der Waals surface area contributed by atoms with Crippen molar-refractivity contribution >= 4 is 17.9 Å². The Morgan fingerprint density at radius 2 is 0.513 bits per heavy atom. The van der Waals surface area contributed by atoms with Gasteiger partial charge >= 0.3 is 17.9 Å². The van der Waals surface area contributed by atoms with Crippen LogP contribution in [0.3, 0.4) is 0 Å². The van der Waals surface area contributed by atoms with Gasteiger partial charge in [0, 0.05) is 19.3 Å². The Morgan fingerprint density at radius 1 is 0.276 bits per heavy atom. The maximum Gasteiger partial charge on any atom is 0.306 e. The quantitative estimate of drug-likeness (QED) is 0.0261. The molecule has 6 nitrogen and oxygen atoms in total. The molecule has 0 aromatic heterocycles. The summed E-state index contributed by atoms with van der Waals surface area (Å²) in [4.78, 5) is 38.1. The average Bonchev–Trinajstić information content (AvgIpc) is 3.42. The smallest absolute Gasteiger partial charge is 0.306 e. The van der Waals surface area contributed by atoms with Crippen LogP contribution in [0.1, 0.15) is 335 Å². The zero-order valence-corrected chi connectivity index (χ0v) is 50.5. The molecule has 0 aliphatic heterocycles. The first kappa shape index (κ1) is 72.8. The number of hydrogen-bond acceptors (Lipinski definition) is 6. The van der Waals surface area contributed by atoms with E-state index in [9.17, 15) is 14.4 Å². The molecule has 0 fully saturated rings. The lowest BCUT2D eigenvalue weighted by Crippen LogP contribution is -2.30. The highest BCUT2D eigenvalue weighted by Crippen LogP contribution is 2.17. The summed E-state index contributed by atoms with van der Waals surface area (Å²) in [5.74, 6) is -0.866. The van der Waals surface area contributed by atoms with Gasteiger partial charge in [-0.25, -0.2) is 0 Å². The summed E-state index contributed by atoms with van der Waals surface area (Å²) in [5, 5.41) is 0. The van der Waals surface area contributed by atoms with Gasteiger partial charge in [0.15, 0.2) is 6.10 Å². The molecule has 0 aliphatic carbocycles. The summed E-state index contributed by atoms with van der Waals surface area (Å²) in [5.41, 5.74) is 0. The molecule has 440 valence electrons. The average molecular weight is 1060 g/mol. The molecule has 0 saturated carbocycles. The van der Waals surface area contributed by atoms with Crippen molar-refractivity contribution in [3.63, 3.8) is 0 Å². The zero-order valence-electron chi connectivity index (χ0n) is 50.5. The van der Waals surface area contributed by atoms with E-state index in [1.807, 2.05) is 0 Å². The fraction of sp³-hybridized carbons (Fsp3) is 0.786. The van der Waals surface area contributed by atoms with Crippen LogP contribution in [-0.2, 0) is 28.6 Å². The molecule has 76 heavy (non-hydrogen) atoms. The van der Waals surface area contributed by atoms with Gasteiger partial charge in [-0.2, -0.15) is 0 Å². The highest BCUT2D eigenvalue weighted by molar-refractivity contribution is 5.71. The van der Waals surface area contributed by atoms with Crippen LogP contribution in [-0.4, -0.2) is 37.2 Å². The first-order valence-electron chi connectivity index (χ1n) is 32.9. The third kappa shape index (κ3) is 61.7. The third-order valence-corrected chi connectivity index (χ3v) is 14.5. The molecular formula is C70H124O6. The van der Waals surface area contributed by atoms with Crippen LogP contribution in [0.25, 0.3) is 0 Å². The van der Waals surface area contributed by atoms with Crippen molar-refractivity contribution < 1.29 is 28.6 Å². The molecule has 0 spiro atoms. The van der Waals surface area contributed by atoms with E-state index in [4.69, 9.17) is 14.2 Å². The van der Waals surface area contributed by atoms with E-state index in [1.54, 1.807) is 0 Å². The third-order valence-electron chi connectivity index (χ3n) is 14.5. The Bertz CT molecular complexity index is 1400. The molecule has 0 heterocycles. The van der Waals surface area contributed by atoms with Gasteiger partial charge in [0.05, 0.1) is 0 Å². The number of allylic oxidation sites excluding steroid dienone is 12. The molecule has 0 rings (SSSR count). The molecule has 0 bridgehead atoms. The van der Waals surface area contributed by atoms with Crippen LogP contribution >= 0.6 is 0 Å². The van der Waals surface area contributed by atoms with Crippen molar-refractivity contribution in [1.29, 1.82) is 0 Å². The van der Waals surface area contributed by atoms with E-state index >= 15 is 0 Å². The number of esters is 3. The van der Waals surface area contributed by atoms with Crippen molar-refractivity contribution in [1.82, 2.24) is 0 Å². The molecular weight excluding hydrogens is 937 g/mol. The van der Waals surface area contributed by atoms with Crippen molar-refractivity contribution in [3.8, 4) is 0 Å². The minimum absolute atomic E-state index is 0.0722. The number of carbonyl (C=O) groups excluding carboxylic acids is 3. The Morgan fingerprint density at radius 3 is 0.803 bits per heavy atom. The minimum Gasteiger partial charge on any atom is -0.462 e. The SMILES string of the molecule is CC/C=C\C/C=C\C/C=C\C/C=C\C/C=C\C/C=C\CCCCCCCCCCCCC(=O)OCC(COC(=O)CCCCCCCCC)OC(=O)CCCCCCCCCCCCCCCCCCCCCCCC. The van der Waals surface area contributed by atoms with E-state index < -0.39 is 6.10 Å². The number of unbranched alkanes of at least 4 members (excludes halogenated alkanes) is 37. The molecule has 0 aromatic carbocycles. The van der Waals surface area contributed by atoms with Gasteiger partial charge in [-0.15, -0.1) is 0 Å². The second kappa shape index (κ2) is 64.4. The number of ether oxygens (including phenoxy) is 3. The highest BCUT2D eigenvalue weighted by atomic mass is 16.6. The lowest BCUT2D eigenvalue weighted by molar-refractivity contribution is -0.167. The molecule has 1 atom stereocenters. The molecule has 0 aromatic rings. The van der Waals surface area contributed by atoms with Gasteiger partial charge in [-0.1, -0.05) is 318 Å². The van der Waals surface area contributed by atoms with E-state index in [1.165, 1.54) is 199 Å². The Hall–Kier alpha value is -3.15. The number of rotatable bonds is 60. The number of hydrogen-bond donors (Lipinski definition) is 0. The zero-order chi connectivity index (χ0) is 55.0. The molecule has 6 heteroatoms. The van der Waals surface area contributed by atoms with Gasteiger partial charge in [0.1, 0.15) is 13.2 Å². The molecule has 1 unspecified atom stereocenters. The lowest BCUT2D eigenvalue weighted by Gasteiger charge is -2.18. The van der Waals surface area contributed by atoms with Crippen molar-refractivity contribution in [2.75, 3.05) is 13.2 Å². The Labute approximate surface area is 472 Å². The van der Waals surface area contributed by atoms with Gasteiger partial charge in [-0.05, 0) is 70.6 Å². The Kier molecular flexibility index (Phi) is 61.7. The molecule has 0 aliphatic rings. The van der Waals surface area contributed by atoms with Crippen LogP contribution in [0.4, 0.5) is 0 Å². The predicted octanol–water partition coefficient (Wildman–Crippen LogP) is 22.5. The van der Waals surface area contributed by atoms with Crippen LogP contribution in [0.15, 0.2) is 72.9 Å². The van der Waals surface area contributed by atoms with E-state index in [-0.39, 0.29) is 31.1 Å². The Balaban J connectivity index is 4.10. The highest BCUT2D eigenvalue weighted by Gasteiger charge is 2.19. The fourth-order valence-corrected chi connectivity index (χ4v) is 9.57. The first-order valence-corrected chi connectivity index (χ1v) is 32.9. The van der Waals surface area contributed by atoms with Crippen LogP contribution in [0, 0.1) is 0 Å². The van der Waals surface area contributed by atoms with Crippen molar-refractivity contribution in [2.24, 2.45) is 0 Å². The van der Waals surface area contributed by atoms with Crippen molar-refractivity contribution in [3.05, 3.63) is 72.9 Å². The standard InChI is InChI=1S/C70H124O6/c1-4-7-10-13-16-18-20-22-24-26-28-30-32-33-34-35-36-37-38-40-41-43-45-47-49-51-54-57-60-63-69(72)75-66-67(65-74-68(71)62-59-56-53-15-12-9-6-3)76-70(73)64-61-58-55-52-50-48-46-44-42-39-31-29-27-25-23-21-19-17-14-11-8-5-2/h7,10,16,18,22,24,28,30,33-34,36-37,67H,4-6,8-9,11-15,17,19-21,23,25-27,29,31-32,35,38-66H2,1-3H3/b10-7-,18-16-,24-22-,30-28-,34-33-,37-36-. The monoisotopic (exact) mass is 1060 g/mol. The molecule has 0 radical (unpaired) electrons. The lowest BCUT2D eigenvalue weighted by atomic mass is 10.0. The van der Waals surface area contributed by atoms with Crippen LogP contribution in [0.5, 0.6) is 0 Å². The summed E-state index contributed by atoms with van der Waals surface area (Å²) >= 11 is 0. The normalized spacial score (nSPS) is 12.5. The topological polar surface area (TPSA) is 78.9 Å². The largest absolute Gasteiger partial charge is 0.462 e. The van der Waals surface area contributed by atoms with E-state index in [0.29, 0.717) is 19.3 Å². The van der Waals surface area contributed by atoms with Crippen LogP contribution < -0.4 is 0 Å². The second-order valence-electron chi connectivity index (χ2n) is 22.0.